The number of nitrogens with zero attached hydrogens (tertiary/aromatic N) is 3. The molecule has 0 saturated heterocycles. The normalized spacial score (nSPS) is 16.2. The maximum Gasteiger partial charge on any atom is 0.0567 e. The van der Waals surface area contributed by atoms with Gasteiger partial charge >= 0.3 is 0 Å². The standard InChI is InChI=1S/C9H16N4/c1-12(2)7-8-5-11-13-4-3-10-6-9(8)13/h5,10H,3-4,6-7H2,1-2H3. The molecule has 1 aliphatic rings. The van der Waals surface area contributed by atoms with Crippen LogP contribution in [0.3, 0.4) is 0 Å². The molecule has 4 heteroatoms. The summed E-state index contributed by atoms with van der Waals surface area (Å²) >= 11 is 0. The van der Waals surface area contributed by atoms with Crippen LogP contribution in [0.2, 0.25) is 0 Å². The van der Waals surface area contributed by atoms with Gasteiger partial charge in [0.25, 0.3) is 0 Å². The molecule has 1 aliphatic heterocycles. The van der Waals surface area contributed by atoms with Gasteiger partial charge in [-0.15, -0.1) is 0 Å². The number of aromatic nitrogens is 2. The van der Waals surface area contributed by atoms with Crippen molar-refractivity contribution in [3.05, 3.63) is 17.5 Å². The summed E-state index contributed by atoms with van der Waals surface area (Å²) in [5.41, 5.74) is 2.69. The predicted octanol–water partition coefficient (Wildman–Crippen LogP) is 0.0479. The van der Waals surface area contributed by atoms with E-state index in [9.17, 15) is 0 Å². The molecule has 0 spiro atoms. The molecule has 2 heterocycles. The maximum absolute atomic E-state index is 4.36. The first-order valence-electron chi connectivity index (χ1n) is 4.66. The first-order valence-corrected chi connectivity index (χ1v) is 4.66. The molecule has 0 aromatic carbocycles. The third-order valence-electron chi connectivity index (χ3n) is 2.31. The minimum atomic E-state index is 0.961. The maximum atomic E-state index is 4.36. The van der Waals surface area contributed by atoms with Crippen molar-refractivity contribution in [1.29, 1.82) is 0 Å². The highest BCUT2D eigenvalue weighted by molar-refractivity contribution is 5.18. The molecule has 0 atom stereocenters. The summed E-state index contributed by atoms with van der Waals surface area (Å²) in [6.45, 7) is 3.99. The summed E-state index contributed by atoms with van der Waals surface area (Å²) in [6.07, 6.45) is 1.99. The van der Waals surface area contributed by atoms with Crippen molar-refractivity contribution in [1.82, 2.24) is 20.0 Å². The summed E-state index contributed by atoms with van der Waals surface area (Å²) in [4.78, 5) is 2.17. The van der Waals surface area contributed by atoms with Crippen molar-refractivity contribution in [3.8, 4) is 0 Å². The number of rotatable bonds is 2. The molecule has 4 nitrogen and oxygen atoms in total. The van der Waals surface area contributed by atoms with Crippen molar-refractivity contribution < 1.29 is 0 Å². The van der Waals surface area contributed by atoms with Gasteiger partial charge in [-0.05, 0) is 14.1 Å². The van der Waals surface area contributed by atoms with Crippen molar-refractivity contribution >= 4 is 0 Å². The second-order valence-corrected chi connectivity index (χ2v) is 3.75. The molecule has 1 aromatic heterocycles. The van der Waals surface area contributed by atoms with Crippen LogP contribution in [0.15, 0.2) is 6.20 Å². The van der Waals surface area contributed by atoms with Crippen molar-refractivity contribution in [3.63, 3.8) is 0 Å². The third-order valence-corrected chi connectivity index (χ3v) is 2.31. The molecule has 0 amide bonds. The van der Waals surface area contributed by atoms with E-state index in [1.165, 1.54) is 11.3 Å². The van der Waals surface area contributed by atoms with Gasteiger partial charge in [-0.1, -0.05) is 0 Å². The molecule has 0 fully saturated rings. The lowest BCUT2D eigenvalue weighted by molar-refractivity contribution is 0.396. The molecule has 0 unspecified atom stereocenters. The van der Waals surface area contributed by atoms with Crippen LogP contribution >= 0.6 is 0 Å². The van der Waals surface area contributed by atoms with Gasteiger partial charge in [0.15, 0.2) is 0 Å². The average Bonchev–Trinajstić information content (AvgIpc) is 2.48. The number of hydrogen-bond acceptors (Lipinski definition) is 3. The van der Waals surface area contributed by atoms with E-state index in [2.05, 4.69) is 34.1 Å². The second kappa shape index (κ2) is 3.47. The summed E-state index contributed by atoms with van der Waals surface area (Å²) < 4.78 is 2.11. The first kappa shape index (κ1) is 8.72. The Kier molecular flexibility index (Phi) is 2.33. The zero-order valence-corrected chi connectivity index (χ0v) is 8.25. The van der Waals surface area contributed by atoms with Crippen LogP contribution in [0, 0.1) is 0 Å². The second-order valence-electron chi connectivity index (χ2n) is 3.75. The molecule has 72 valence electrons. The summed E-state index contributed by atoms with van der Waals surface area (Å²) in [7, 11) is 4.17. The van der Waals surface area contributed by atoms with Gasteiger partial charge in [0.1, 0.15) is 0 Å². The zero-order chi connectivity index (χ0) is 9.26. The average molecular weight is 180 g/mol. The molecule has 1 aromatic rings. The van der Waals surface area contributed by atoms with Crippen LogP contribution < -0.4 is 5.32 Å². The predicted molar refractivity (Wildman–Crippen MR) is 51.3 cm³/mol. The van der Waals surface area contributed by atoms with E-state index in [-0.39, 0.29) is 0 Å². The van der Waals surface area contributed by atoms with Gasteiger partial charge in [-0.25, -0.2) is 0 Å². The minimum absolute atomic E-state index is 0.961. The fourth-order valence-corrected chi connectivity index (χ4v) is 1.71. The lowest BCUT2D eigenvalue weighted by atomic mass is 10.2. The Labute approximate surface area is 78.5 Å². The van der Waals surface area contributed by atoms with E-state index < -0.39 is 0 Å². The van der Waals surface area contributed by atoms with E-state index in [0.29, 0.717) is 0 Å². The Bertz CT molecular complexity index is 290. The van der Waals surface area contributed by atoms with Crippen molar-refractivity contribution in [2.45, 2.75) is 19.6 Å². The van der Waals surface area contributed by atoms with Crippen LogP contribution in [-0.2, 0) is 19.6 Å². The van der Waals surface area contributed by atoms with Gasteiger partial charge in [0, 0.05) is 25.2 Å². The number of hydrogen-bond donors (Lipinski definition) is 1. The van der Waals surface area contributed by atoms with Crippen molar-refractivity contribution in [2.24, 2.45) is 0 Å². The molecule has 0 aliphatic carbocycles. The van der Waals surface area contributed by atoms with Crippen LogP contribution in [-0.4, -0.2) is 35.3 Å². The fourth-order valence-electron chi connectivity index (χ4n) is 1.71. The molecule has 0 saturated carbocycles. The Morgan fingerprint density at radius 1 is 1.62 bits per heavy atom. The van der Waals surface area contributed by atoms with Crippen LogP contribution in [0.1, 0.15) is 11.3 Å². The van der Waals surface area contributed by atoms with Gasteiger partial charge in [-0.2, -0.15) is 5.10 Å². The van der Waals surface area contributed by atoms with E-state index in [0.717, 1.165) is 26.2 Å². The monoisotopic (exact) mass is 180 g/mol. The number of nitrogens with one attached hydrogen (secondary N) is 1. The van der Waals surface area contributed by atoms with E-state index in [1.807, 2.05) is 6.20 Å². The third kappa shape index (κ3) is 1.73. The van der Waals surface area contributed by atoms with E-state index in [1.54, 1.807) is 0 Å². The largest absolute Gasteiger partial charge is 0.309 e. The molecule has 13 heavy (non-hydrogen) atoms. The van der Waals surface area contributed by atoms with Crippen LogP contribution in [0.5, 0.6) is 0 Å². The van der Waals surface area contributed by atoms with Gasteiger partial charge in [-0.3, -0.25) is 4.68 Å². The van der Waals surface area contributed by atoms with E-state index >= 15 is 0 Å². The Morgan fingerprint density at radius 2 is 2.46 bits per heavy atom. The highest BCUT2D eigenvalue weighted by Crippen LogP contribution is 2.12. The molecule has 0 radical (unpaired) electrons. The summed E-state index contributed by atoms with van der Waals surface area (Å²) in [6, 6.07) is 0. The topological polar surface area (TPSA) is 33.1 Å². The highest BCUT2D eigenvalue weighted by Gasteiger charge is 2.13. The van der Waals surface area contributed by atoms with Gasteiger partial charge in [0.2, 0.25) is 0 Å². The Balaban J connectivity index is 2.21. The molecule has 0 bridgehead atoms. The van der Waals surface area contributed by atoms with Gasteiger partial charge in [0.05, 0.1) is 18.4 Å². The molecule has 1 N–H and O–H groups in total. The summed E-state index contributed by atoms with van der Waals surface area (Å²) in [5, 5.41) is 7.72. The minimum Gasteiger partial charge on any atom is -0.309 e. The molecule has 2 rings (SSSR count). The van der Waals surface area contributed by atoms with Crippen LogP contribution in [0.25, 0.3) is 0 Å². The van der Waals surface area contributed by atoms with Crippen LogP contribution in [0.4, 0.5) is 0 Å². The lowest BCUT2D eigenvalue weighted by Gasteiger charge is -2.17. The number of fused-ring (bicyclic) bond motifs is 1. The van der Waals surface area contributed by atoms with Crippen molar-refractivity contribution in [2.75, 3.05) is 20.6 Å². The molecular formula is C9H16N4. The van der Waals surface area contributed by atoms with E-state index in [4.69, 9.17) is 0 Å². The smallest absolute Gasteiger partial charge is 0.0567 e. The SMILES string of the molecule is CN(C)Cc1cnn2c1CNCC2. The zero-order valence-electron chi connectivity index (χ0n) is 8.25. The molecular weight excluding hydrogens is 164 g/mol. The van der Waals surface area contributed by atoms with Gasteiger partial charge < -0.3 is 10.2 Å². The highest BCUT2D eigenvalue weighted by atomic mass is 15.3. The summed E-state index contributed by atoms with van der Waals surface area (Å²) in [5.74, 6) is 0. The Morgan fingerprint density at radius 3 is 3.23 bits per heavy atom. The lowest BCUT2D eigenvalue weighted by Crippen LogP contribution is -2.29. The Hall–Kier alpha value is -0.870. The first-order chi connectivity index (χ1) is 6.27. The fraction of sp³-hybridized carbons (Fsp3) is 0.667. The quantitative estimate of drug-likeness (QED) is 0.698.